The zero-order valence-corrected chi connectivity index (χ0v) is 17.7. The highest BCUT2D eigenvalue weighted by molar-refractivity contribution is 7.90. The van der Waals surface area contributed by atoms with Crippen LogP contribution in [-0.4, -0.2) is 46.2 Å². The number of carbonyl (C=O) groups is 2. The van der Waals surface area contributed by atoms with Gasteiger partial charge in [0.05, 0.1) is 22.5 Å². The molecule has 1 saturated heterocycles. The predicted molar refractivity (Wildman–Crippen MR) is 109 cm³/mol. The normalized spacial score (nSPS) is 24.0. The second-order valence-corrected chi connectivity index (χ2v) is 9.44. The number of rotatable bonds is 5. The lowest BCUT2D eigenvalue weighted by Gasteiger charge is -2.37. The van der Waals surface area contributed by atoms with Crippen LogP contribution in [0.2, 0.25) is 0 Å². The quantitative estimate of drug-likeness (QED) is 0.695. The van der Waals surface area contributed by atoms with E-state index < -0.39 is 21.2 Å². The van der Waals surface area contributed by atoms with Crippen molar-refractivity contribution >= 4 is 39.8 Å². The van der Waals surface area contributed by atoms with Crippen LogP contribution < -0.4 is 10.6 Å². The molecule has 1 heterocycles. The van der Waals surface area contributed by atoms with Crippen LogP contribution in [-0.2, 0) is 19.4 Å². The van der Waals surface area contributed by atoms with Crippen molar-refractivity contribution in [2.45, 2.75) is 37.5 Å². The Hall–Kier alpha value is -1.64. The number of fused-ring (bicyclic) bond motifs is 1. The molecule has 156 valence electrons. The fraction of sp³-hybridized carbons (Fsp3) is 0.579. The molecule has 2 aliphatic rings. The Morgan fingerprint density at radius 3 is 2.71 bits per heavy atom. The van der Waals surface area contributed by atoms with Crippen LogP contribution in [0.1, 0.15) is 43.0 Å². The van der Waals surface area contributed by atoms with Crippen LogP contribution in [0.3, 0.4) is 0 Å². The largest absolute Gasteiger partial charge is 0.462 e. The average Bonchev–Trinajstić information content (AvgIpc) is 3.06. The topological polar surface area (TPSA) is 102 Å². The molecule has 9 heteroatoms. The van der Waals surface area contributed by atoms with Gasteiger partial charge < -0.3 is 15.4 Å². The molecule has 0 spiro atoms. The lowest BCUT2D eigenvalue weighted by molar-refractivity contribution is -0.128. The first-order valence-corrected chi connectivity index (χ1v) is 11.2. The van der Waals surface area contributed by atoms with Crippen LogP contribution in [0.5, 0.6) is 0 Å². The van der Waals surface area contributed by atoms with Crippen molar-refractivity contribution in [2.24, 2.45) is 11.3 Å². The molecule has 0 radical (unpaired) electrons. The standard InChI is InChI=1S/C19H26N2O5S.ClH/c1-3-26-17(22)13-8-15(10-16(9-13)27(2,24)25)21-18(23)19-7-5-4-6-14(19)11-20-12-19;/h8-10,14,20H,3-7,11-12H2,1-2H3,(H,21,23);1H/t14-,19+;/m0./s1. The Morgan fingerprint density at radius 1 is 1.29 bits per heavy atom. The van der Waals surface area contributed by atoms with Gasteiger partial charge in [-0.3, -0.25) is 4.79 Å². The van der Waals surface area contributed by atoms with E-state index in [1.54, 1.807) is 6.92 Å². The SMILES string of the molecule is CCOC(=O)c1cc(NC(=O)[C@@]23CCCC[C@H]2CNC3)cc(S(C)(=O)=O)c1.Cl. The Morgan fingerprint density at radius 2 is 2.04 bits per heavy atom. The van der Waals surface area contributed by atoms with Crippen LogP contribution in [0.4, 0.5) is 5.69 Å². The zero-order valence-electron chi connectivity index (χ0n) is 16.1. The van der Waals surface area contributed by atoms with Crippen molar-refractivity contribution in [3.05, 3.63) is 23.8 Å². The van der Waals surface area contributed by atoms with Gasteiger partial charge in [0.15, 0.2) is 9.84 Å². The van der Waals surface area contributed by atoms with E-state index in [1.807, 2.05) is 0 Å². The molecular weight excluding hydrogens is 404 g/mol. The van der Waals surface area contributed by atoms with Gasteiger partial charge in [-0.25, -0.2) is 13.2 Å². The number of anilines is 1. The highest BCUT2D eigenvalue weighted by atomic mass is 35.5. The molecule has 1 saturated carbocycles. The fourth-order valence-electron chi connectivity index (χ4n) is 4.16. The number of ether oxygens (including phenoxy) is 1. The third-order valence-electron chi connectivity index (χ3n) is 5.59. The summed E-state index contributed by atoms with van der Waals surface area (Å²) in [5, 5.41) is 6.20. The van der Waals surface area contributed by atoms with Gasteiger partial charge >= 0.3 is 5.97 Å². The van der Waals surface area contributed by atoms with Gasteiger partial charge in [0, 0.05) is 18.5 Å². The molecule has 2 atom stereocenters. The minimum atomic E-state index is -3.55. The smallest absolute Gasteiger partial charge is 0.338 e. The maximum Gasteiger partial charge on any atom is 0.338 e. The number of amides is 1. The van der Waals surface area contributed by atoms with Crippen LogP contribution >= 0.6 is 12.4 Å². The molecule has 2 fully saturated rings. The number of carbonyl (C=O) groups excluding carboxylic acids is 2. The highest BCUT2D eigenvalue weighted by Gasteiger charge is 2.49. The van der Waals surface area contributed by atoms with E-state index in [1.165, 1.54) is 18.2 Å². The van der Waals surface area contributed by atoms with Gasteiger partial charge in [-0.2, -0.15) is 0 Å². The number of sulfone groups is 1. The predicted octanol–water partition coefficient (Wildman–Crippen LogP) is 2.41. The monoisotopic (exact) mass is 430 g/mol. The third-order valence-corrected chi connectivity index (χ3v) is 6.69. The first-order valence-electron chi connectivity index (χ1n) is 9.31. The number of esters is 1. The number of hydrogen-bond donors (Lipinski definition) is 2. The van der Waals surface area contributed by atoms with E-state index in [-0.39, 0.29) is 41.3 Å². The molecule has 1 amide bonds. The summed E-state index contributed by atoms with van der Waals surface area (Å²) < 4.78 is 29.0. The molecule has 0 aromatic heterocycles. The number of halogens is 1. The summed E-state index contributed by atoms with van der Waals surface area (Å²) in [7, 11) is -3.55. The Balaban J connectivity index is 0.00000280. The van der Waals surface area contributed by atoms with E-state index in [2.05, 4.69) is 10.6 Å². The summed E-state index contributed by atoms with van der Waals surface area (Å²) in [6, 6.07) is 4.15. The fourth-order valence-corrected chi connectivity index (χ4v) is 4.85. The van der Waals surface area contributed by atoms with E-state index >= 15 is 0 Å². The van der Waals surface area contributed by atoms with Gasteiger partial charge in [0.1, 0.15) is 0 Å². The summed E-state index contributed by atoms with van der Waals surface area (Å²) in [4.78, 5) is 25.2. The second kappa shape index (κ2) is 8.80. The summed E-state index contributed by atoms with van der Waals surface area (Å²) in [5.41, 5.74) is -0.0578. The molecular formula is C19H27ClN2O5S. The molecule has 3 rings (SSSR count). The van der Waals surface area contributed by atoms with Crippen molar-refractivity contribution in [2.75, 3.05) is 31.3 Å². The lowest BCUT2D eigenvalue weighted by Crippen LogP contribution is -2.44. The Bertz CT molecular complexity index is 858. The molecule has 1 aliphatic carbocycles. The molecule has 1 aromatic rings. The summed E-state index contributed by atoms with van der Waals surface area (Å²) in [5.74, 6) is -0.443. The van der Waals surface area contributed by atoms with Gasteiger partial charge in [0.2, 0.25) is 5.91 Å². The molecule has 1 aromatic carbocycles. The zero-order chi connectivity index (χ0) is 19.7. The lowest BCUT2D eigenvalue weighted by atomic mass is 9.67. The van der Waals surface area contributed by atoms with Crippen LogP contribution in [0.25, 0.3) is 0 Å². The van der Waals surface area contributed by atoms with Crippen molar-refractivity contribution in [3.8, 4) is 0 Å². The average molecular weight is 431 g/mol. The third kappa shape index (κ3) is 4.50. The van der Waals surface area contributed by atoms with Crippen LogP contribution in [0, 0.1) is 11.3 Å². The van der Waals surface area contributed by atoms with Gasteiger partial charge in [-0.05, 0) is 50.4 Å². The molecule has 1 aliphatic heterocycles. The summed E-state index contributed by atoms with van der Waals surface area (Å²) in [6.07, 6.45) is 5.02. The second-order valence-electron chi connectivity index (χ2n) is 7.42. The van der Waals surface area contributed by atoms with Crippen molar-refractivity contribution in [1.82, 2.24) is 5.32 Å². The van der Waals surface area contributed by atoms with Crippen molar-refractivity contribution in [3.63, 3.8) is 0 Å². The summed E-state index contributed by atoms with van der Waals surface area (Å²) >= 11 is 0. The Kier molecular flexibility index (Phi) is 7.12. The van der Waals surface area contributed by atoms with Crippen LogP contribution in [0.15, 0.2) is 23.1 Å². The number of nitrogens with one attached hydrogen (secondary N) is 2. The van der Waals surface area contributed by atoms with E-state index in [0.717, 1.165) is 38.5 Å². The molecule has 2 N–H and O–H groups in total. The summed E-state index contributed by atoms with van der Waals surface area (Å²) in [6.45, 7) is 3.31. The minimum absolute atomic E-state index is 0. The van der Waals surface area contributed by atoms with E-state index in [9.17, 15) is 18.0 Å². The Labute approximate surface area is 171 Å². The maximum absolute atomic E-state index is 13.1. The van der Waals surface area contributed by atoms with Gasteiger partial charge in [-0.1, -0.05) is 12.8 Å². The van der Waals surface area contributed by atoms with E-state index in [0.29, 0.717) is 12.2 Å². The van der Waals surface area contributed by atoms with E-state index in [4.69, 9.17) is 4.74 Å². The van der Waals surface area contributed by atoms with Gasteiger partial charge in [-0.15, -0.1) is 12.4 Å². The first-order chi connectivity index (χ1) is 12.8. The number of hydrogen-bond acceptors (Lipinski definition) is 6. The van der Waals surface area contributed by atoms with Crippen molar-refractivity contribution in [1.29, 1.82) is 0 Å². The first kappa shape index (κ1) is 22.6. The molecule has 0 unspecified atom stereocenters. The minimum Gasteiger partial charge on any atom is -0.462 e. The molecule has 0 bridgehead atoms. The van der Waals surface area contributed by atoms with Gasteiger partial charge in [0.25, 0.3) is 0 Å². The number of benzene rings is 1. The highest BCUT2D eigenvalue weighted by Crippen LogP contribution is 2.44. The van der Waals surface area contributed by atoms with Crippen molar-refractivity contribution < 1.29 is 22.7 Å². The molecule has 28 heavy (non-hydrogen) atoms. The maximum atomic E-state index is 13.1. The molecule has 7 nitrogen and oxygen atoms in total.